The Labute approximate surface area is 198 Å². The molecule has 0 bridgehead atoms. The zero-order chi connectivity index (χ0) is 24.2. The first-order valence-electron chi connectivity index (χ1n) is 11.8. The van der Waals surface area contributed by atoms with Gasteiger partial charge in [0.2, 0.25) is 11.8 Å². The quantitative estimate of drug-likeness (QED) is 0.438. The van der Waals surface area contributed by atoms with Gasteiger partial charge < -0.3 is 19.7 Å². The molecule has 0 fully saturated rings. The molecule has 0 aliphatic rings. The van der Waals surface area contributed by atoms with E-state index in [0.29, 0.717) is 32.4 Å². The maximum absolute atomic E-state index is 13.3. The molecule has 0 aliphatic heterocycles. The van der Waals surface area contributed by atoms with Gasteiger partial charge in [0.1, 0.15) is 17.5 Å². The van der Waals surface area contributed by atoms with Gasteiger partial charge in [0.25, 0.3) is 0 Å². The molecule has 180 valence electrons. The summed E-state index contributed by atoms with van der Waals surface area (Å²) in [5.74, 6) is 1.37. The number of aryl methyl sites for hydroxylation is 1. The average molecular weight is 455 g/mol. The summed E-state index contributed by atoms with van der Waals surface area (Å²) in [5.41, 5.74) is 2.16. The zero-order valence-electron chi connectivity index (χ0n) is 20.6. The Hall–Kier alpha value is -3.02. The molecule has 0 saturated heterocycles. The number of ether oxygens (including phenoxy) is 2. The second kappa shape index (κ2) is 13.5. The smallest absolute Gasteiger partial charge is 0.243 e. The van der Waals surface area contributed by atoms with Crippen LogP contribution in [0.4, 0.5) is 0 Å². The first-order valence-corrected chi connectivity index (χ1v) is 11.8. The minimum absolute atomic E-state index is 0.0391. The highest BCUT2D eigenvalue weighted by atomic mass is 16.5. The standard InChI is InChI=1S/C27H38N2O4/c1-6-21(4)28-27(31)25(7-2)29(19-22-12-9-8-11-20(22)3)26(30)13-10-18-33-24-16-14-23(32-5)15-17-24/h8-9,11-12,14-17,21,25H,6-7,10,13,18-19H2,1-5H3,(H,28,31)/t21-,25-/m0/s1. The van der Waals surface area contributed by atoms with E-state index in [1.807, 2.05) is 76.2 Å². The van der Waals surface area contributed by atoms with Gasteiger partial charge in [-0.15, -0.1) is 0 Å². The minimum Gasteiger partial charge on any atom is -0.497 e. The molecular formula is C27H38N2O4. The summed E-state index contributed by atoms with van der Waals surface area (Å²) >= 11 is 0. The number of hydrogen-bond acceptors (Lipinski definition) is 4. The van der Waals surface area contributed by atoms with Crippen molar-refractivity contribution in [1.29, 1.82) is 0 Å². The van der Waals surface area contributed by atoms with Crippen LogP contribution in [-0.4, -0.2) is 42.5 Å². The topological polar surface area (TPSA) is 67.9 Å². The van der Waals surface area contributed by atoms with Crippen LogP contribution in [0.1, 0.15) is 57.6 Å². The van der Waals surface area contributed by atoms with Crippen LogP contribution in [0.15, 0.2) is 48.5 Å². The molecule has 2 aromatic carbocycles. The molecule has 0 saturated carbocycles. The maximum Gasteiger partial charge on any atom is 0.243 e. The Morgan fingerprint density at radius 2 is 1.67 bits per heavy atom. The van der Waals surface area contributed by atoms with Crippen molar-refractivity contribution in [3.63, 3.8) is 0 Å². The number of rotatable bonds is 13. The van der Waals surface area contributed by atoms with Crippen LogP contribution in [-0.2, 0) is 16.1 Å². The fraction of sp³-hybridized carbons (Fsp3) is 0.481. The fourth-order valence-electron chi connectivity index (χ4n) is 3.56. The number of nitrogens with zero attached hydrogens (tertiary/aromatic N) is 1. The number of nitrogens with one attached hydrogen (secondary N) is 1. The number of benzene rings is 2. The second-order valence-electron chi connectivity index (χ2n) is 8.32. The number of hydrogen-bond donors (Lipinski definition) is 1. The van der Waals surface area contributed by atoms with Crippen LogP contribution >= 0.6 is 0 Å². The minimum atomic E-state index is -0.506. The van der Waals surface area contributed by atoms with Gasteiger partial charge in [0.15, 0.2) is 0 Å². The van der Waals surface area contributed by atoms with Crippen LogP contribution in [0.25, 0.3) is 0 Å². The van der Waals surface area contributed by atoms with Crippen molar-refractivity contribution < 1.29 is 19.1 Å². The molecule has 0 heterocycles. The molecule has 33 heavy (non-hydrogen) atoms. The zero-order valence-corrected chi connectivity index (χ0v) is 20.6. The van der Waals surface area contributed by atoms with Gasteiger partial charge >= 0.3 is 0 Å². The maximum atomic E-state index is 13.3. The predicted molar refractivity (Wildman–Crippen MR) is 131 cm³/mol. The SMILES string of the molecule is CC[C@H](C)NC(=O)[C@H](CC)N(Cc1ccccc1C)C(=O)CCCOc1ccc(OC)cc1. The molecule has 6 heteroatoms. The number of carbonyl (C=O) groups excluding carboxylic acids is 2. The lowest BCUT2D eigenvalue weighted by atomic mass is 10.0. The van der Waals surface area contributed by atoms with Crippen LogP contribution in [0.5, 0.6) is 11.5 Å². The summed E-state index contributed by atoms with van der Waals surface area (Å²) < 4.78 is 10.9. The summed E-state index contributed by atoms with van der Waals surface area (Å²) in [6.07, 6.45) is 2.28. The molecule has 2 rings (SSSR count). The normalized spacial score (nSPS) is 12.5. The van der Waals surface area contributed by atoms with Gasteiger partial charge in [-0.2, -0.15) is 0 Å². The predicted octanol–water partition coefficient (Wildman–Crippen LogP) is 4.88. The first kappa shape index (κ1) is 26.2. The number of carbonyl (C=O) groups is 2. The molecule has 0 unspecified atom stereocenters. The molecule has 0 spiro atoms. The van der Waals surface area contributed by atoms with E-state index < -0.39 is 6.04 Å². The molecule has 0 radical (unpaired) electrons. The lowest BCUT2D eigenvalue weighted by Crippen LogP contribution is -2.50. The highest BCUT2D eigenvalue weighted by molar-refractivity contribution is 5.87. The van der Waals surface area contributed by atoms with Crippen molar-refractivity contribution in [2.24, 2.45) is 0 Å². The van der Waals surface area contributed by atoms with Crippen LogP contribution in [0.3, 0.4) is 0 Å². The van der Waals surface area contributed by atoms with Gasteiger partial charge in [0.05, 0.1) is 13.7 Å². The van der Waals surface area contributed by atoms with Gasteiger partial charge in [-0.3, -0.25) is 9.59 Å². The van der Waals surface area contributed by atoms with Crippen molar-refractivity contribution >= 4 is 11.8 Å². The van der Waals surface area contributed by atoms with E-state index in [1.165, 1.54) is 0 Å². The number of amides is 2. The third-order valence-corrected chi connectivity index (χ3v) is 5.85. The van der Waals surface area contributed by atoms with Gasteiger partial charge in [-0.1, -0.05) is 38.1 Å². The van der Waals surface area contributed by atoms with E-state index in [2.05, 4.69) is 5.32 Å². The van der Waals surface area contributed by atoms with Crippen molar-refractivity contribution in [1.82, 2.24) is 10.2 Å². The Morgan fingerprint density at radius 3 is 2.27 bits per heavy atom. The summed E-state index contributed by atoms with van der Waals surface area (Å²) in [6, 6.07) is 14.9. The highest BCUT2D eigenvalue weighted by Gasteiger charge is 2.29. The van der Waals surface area contributed by atoms with E-state index in [1.54, 1.807) is 12.0 Å². The Kier molecular flexibility index (Phi) is 10.7. The monoisotopic (exact) mass is 454 g/mol. The third-order valence-electron chi connectivity index (χ3n) is 5.85. The van der Waals surface area contributed by atoms with Gasteiger partial charge in [0, 0.05) is 19.0 Å². The highest BCUT2D eigenvalue weighted by Crippen LogP contribution is 2.19. The molecule has 0 aliphatic carbocycles. The molecular weight excluding hydrogens is 416 g/mol. The van der Waals surface area contributed by atoms with E-state index in [-0.39, 0.29) is 17.9 Å². The molecule has 2 amide bonds. The van der Waals surface area contributed by atoms with Crippen molar-refractivity contribution in [2.45, 2.75) is 72.0 Å². The lowest BCUT2D eigenvalue weighted by molar-refractivity contribution is -0.141. The Bertz CT molecular complexity index is 882. The summed E-state index contributed by atoms with van der Waals surface area (Å²) in [5, 5.41) is 3.05. The lowest BCUT2D eigenvalue weighted by Gasteiger charge is -2.32. The summed E-state index contributed by atoms with van der Waals surface area (Å²) in [4.78, 5) is 28.0. The fourth-order valence-corrected chi connectivity index (χ4v) is 3.56. The van der Waals surface area contributed by atoms with Crippen molar-refractivity contribution in [3.8, 4) is 11.5 Å². The third kappa shape index (κ3) is 8.12. The number of methoxy groups -OCH3 is 1. The van der Waals surface area contributed by atoms with Crippen LogP contribution in [0.2, 0.25) is 0 Å². The van der Waals surface area contributed by atoms with E-state index >= 15 is 0 Å². The van der Waals surface area contributed by atoms with E-state index in [0.717, 1.165) is 29.0 Å². The second-order valence-corrected chi connectivity index (χ2v) is 8.32. The van der Waals surface area contributed by atoms with Crippen LogP contribution < -0.4 is 14.8 Å². The van der Waals surface area contributed by atoms with Gasteiger partial charge in [-0.05, 0) is 68.5 Å². The molecule has 0 aromatic heterocycles. The summed E-state index contributed by atoms with van der Waals surface area (Å²) in [7, 11) is 1.62. The van der Waals surface area contributed by atoms with Crippen LogP contribution in [0, 0.1) is 6.92 Å². The van der Waals surface area contributed by atoms with Gasteiger partial charge in [-0.25, -0.2) is 0 Å². The Balaban J connectivity index is 2.06. The van der Waals surface area contributed by atoms with Crippen molar-refractivity contribution in [2.75, 3.05) is 13.7 Å². The van der Waals surface area contributed by atoms with Crippen molar-refractivity contribution in [3.05, 3.63) is 59.7 Å². The summed E-state index contributed by atoms with van der Waals surface area (Å²) in [6.45, 7) is 8.83. The van der Waals surface area contributed by atoms with E-state index in [9.17, 15) is 9.59 Å². The Morgan fingerprint density at radius 1 is 1.00 bits per heavy atom. The van der Waals surface area contributed by atoms with E-state index in [4.69, 9.17) is 9.47 Å². The molecule has 1 N–H and O–H groups in total. The average Bonchev–Trinajstić information content (AvgIpc) is 2.83. The first-order chi connectivity index (χ1) is 15.9. The molecule has 2 aromatic rings. The largest absolute Gasteiger partial charge is 0.497 e. The molecule has 6 nitrogen and oxygen atoms in total. The molecule has 2 atom stereocenters.